The van der Waals surface area contributed by atoms with Crippen LogP contribution in [-0.2, 0) is 11.2 Å². The summed E-state index contributed by atoms with van der Waals surface area (Å²) in [5.41, 5.74) is 2.32. The van der Waals surface area contributed by atoms with Gasteiger partial charge in [0.2, 0.25) is 5.88 Å². The van der Waals surface area contributed by atoms with Gasteiger partial charge in [0.05, 0.1) is 5.56 Å². The number of benzene rings is 1. The third-order valence-electron chi connectivity index (χ3n) is 4.56. The molecule has 1 N–H and O–H groups in total. The number of nitriles is 1. The SMILES string of the molecule is CC(C)(C)OC(=O)NCC1CCCc2c(Oc3ccc(C#N)cn3)cccc21. The van der Waals surface area contributed by atoms with Crippen LogP contribution in [0.4, 0.5) is 4.79 Å². The Kier molecular flexibility index (Phi) is 5.84. The molecule has 1 amide bonds. The van der Waals surface area contributed by atoms with Crippen molar-refractivity contribution in [3.05, 3.63) is 53.2 Å². The number of aromatic nitrogens is 1. The second-order valence-electron chi connectivity index (χ2n) is 7.89. The normalized spacial score (nSPS) is 15.9. The molecule has 0 radical (unpaired) electrons. The van der Waals surface area contributed by atoms with Crippen LogP contribution in [0.2, 0.25) is 0 Å². The van der Waals surface area contributed by atoms with E-state index in [0.29, 0.717) is 18.0 Å². The van der Waals surface area contributed by atoms with Gasteiger partial charge in [-0.15, -0.1) is 0 Å². The average molecular weight is 379 g/mol. The van der Waals surface area contributed by atoms with Crippen LogP contribution in [0.1, 0.15) is 56.2 Å². The van der Waals surface area contributed by atoms with Crippen LogP contribution in [0.15, 0.2) is 36.5 Å². The number of nitrogens with zero attached hydrogens (tertiary/aromatic N) is 2. The topological polar surface area (TPSA) is 84.2 Å². The number of nitrogens with one attached hydrogen (secondary N) is 1. The van der Waals surface area contributed by atoms with Crippen LogP contribution in [0, 0.1) is 11.3 Å². The molecular weight excluding hydrogens is 354 g/mol. The van der Waals surface area contributed by atoms with Crippen LogP contribution < -0.4 is 10.1 Å². The summed E-state index contributed by atoms with van der Waals surface area (Å²) < 4.78 is 11.3. The minimum absolute atomic E-state index is 0.216. The summed E-state index contributed by atoms with van der Waals surface area (Å²) in [6, 6.07) is 11.4. The van der Waals surface area contributed by atoms with Crippen molar-refractivity contribution in [1.82, 2.24) is 10.3 Å². The molecule has 146 valence electrons. The Balaban J connectivity index is 1.72. The van der Waals surface area contributed by atoms with Crippen molar-refractivity contribution in [2.45, 2.75) is 51.6 Å². The molecular formula is C22H25N3O3. The number of ether oxygens (including phenoxy) is 2. The first-order valence-corrected chi connectivity index (χ1v) is 9.48. The first-order chi connectivity index (χ1) is 13.4. The second kappa shape index (κ2) is 8.30. The summed E-state index contributed by atoms with van der Waals surface area (Å²) >= 11 is 0. The minimum Gasteiger partial charge on any atom is -0.444 e. The molecule has 1 aliphatic rings. The molecule has 0 fully saturated rings. The van der Waals surface area contributed by atoms with E-state index in [9.17, 15) is 4.79 Å². The standard InChI is InChI=1S/C22H25N3O3/c1-22(2,3)28-21(26)25-14-16-6-4-8-18-17(16)7-5-9-19(18)27-20-11-10-15(12-23)13-24-20/h5,7,9-11,13,16H,4,6,8,14H2,1-3H3,(H,25,26). The lowest BCUT2D eigenvalue weighted by Gasteiger charge is -2.28. The summed E-state index contributed by atoms with van der Waals surface area (Å²) in [6.45, 7) is 6.08. The maximum Gasteiger partial charge on any atom is 0.407 e. The first-order valence-electron chi connectivity index (χ1n) is 9.48. The van der Waals surface area contributed by atoms with Crippen molar-refractivity contribution in [3.8, 4) is 17.7 Å². The van der Waals surface area contributed by atoms with Crippen LogP contribution in [0.25, 0.3) is 0 Å². The van der Waals surface area contributed by atoms with E-state index in [2.05, 4.69) is 16.4 Å². The summed E-state index contributed by atoms with van der Waals surface area (Å²) in [5.74, 6) is 1.45. The second-order valence-corrected chi connectivity index (χ2v) is 7.89. The molecule has 0 aliphatic heterocycles. The molecule has 6 nitrogen and oxygen atoms in total. The summed E-state index contributed by atoms with van der Waals surface area (Å²) in [4.78, 5) is 16.2. The summed E-state index contributed by atoms with van der Waals surface area (Å²) in [7, 11) is 0. The van der Waals surface area contributed by atoms with Crippen LogP contribution in [0.3, 0.4) is 0 Å². The Morgan fingerprint density at radius 2 is 2.14 bits per heavy atom. The molecule has 2 aromatic rings. The highest BCUT2D eigenvalue weighted by Crippen LogP contribution is 2.37. The lowest BCUT2D eigenvalue weighted by Crippen LogP contribution is -2.35. The van der Waals surface area contributed by atoms with Gasteiger partial charge in [-0.1, -0.05) is 12.1 Å². The molecule has 1 aromatic heterocycles. The van der Waals surface area contributed by atoms with Gasteiger partial charge in [-0.25, -0.2) is 9.78 Å². The number of amides is 1. The van der Waals surface area contributed by atoms with Crippen LogP contribution >= 0.6 is 0 Å². The van der Waals surface area contributed by atoms with Crippen molar-refractivity contribution in [2.24, 2.45) is 0 Å². The van der Waals surface area contributed by atoms with Gasteiger partial charge in [-0.2, -0.15) is 5.26 Å². The van der Waals surface area contributed by atoms with Gasteiger partial charge in [0, 0.05) is 24.7 Å². The molecule has 0 saturated heterocycles. The molecule has 0 saturated carbocycles. The quantitative estimate of drug-likeness (QED) is 0.833. The predicted octanol–water partition coefficient (Wildman–Crippen LogP) is 4.69. The molecule has 0 spiro atoms. The van der Waals surface area contributed by atoms with E-state index in [-0.39, 0.29) is 5.92 Å². The van der Waals surface area contributed by atoms with Crippen molar-refractivity contribution in [3.63, 3.8) is 0 Å². The number of alkyl carbamates (subject to hydrolysis) is 1. The monoisotopic (exact) mass is 379 g/mol. The van der Waals surface area contributed by atoms with Crippen molar-refractivity contribution in [1.29, 1.82) is 5.26 Å². The zero-order valence-electron chi connectivity index (χ0n) is 16.5. The molecule has 1 aromatic carbocycles. The van der Waals surface area contributed by atoms with Gasteiger partial charge in [0.1, 0.15) is 17.4 Å². The van der Waals surface area contributed by atoms with E-state index in [0.717, 1.165) is 30.6 Å². The first kappa shape index (κ1) is 19.7. The minimum atomic E-state index is -0.510. The van der Waals surface area contributed by atoms with Crippen molar-refractivity contribution in [2.75, 3.05) is 6.54 Å². The van der Waals surface area contributed by atoms with E-state index in [1.807, 2.05) is 39.0 Å². The maximum atomic E-state index is 12.0. The lowest BCUT2D eigenvalue weighted by molar-refractivity contribution is 0.0523. The number of carbonyl (C=O) groups is 1. The largest absolute Gasteiger partial charge is 0.444 e. The van der Waals surface area contributed by atoms with Crippen LogP contribution in [-0.4, -0.2) is 23.2 Å². The van der Waals surface area contributed by atoms with Crippen LogP contribution in [0.5, 0.6) is 11.6 Å². The third-order valence-corrected chi connectivity index (χ3v) is 4.56. The number of carbonyl (C=O) groups excluding carboxylic acids is 1. The number of hydrogen-bond donors (Lipinski definition) is 1. The Morgan fingerprint density at radius 1 is 1.32 bits per heavy atom. The number of pyridine rings is 1. The molecule has 1 unspecified atom stereocenters. The fraction of sp³-hybridized carbons (Fsp3) is 0.409. The van der Waals surface area contributed by atoms with E-state index >= 15 is 0 Å². The lowest BCUT2D eigenvalue weighted by atomic mass is 9.82. The Labute approximate surface area is 165 Å². The van der Waals surface area contributed by atoms with Gasteiger partial charge in [0.15, 0.2) is 0 Å². The fourth-order valence-electron chi connectivity index (χ4n) is 3.36. The molecule has 28 heavy (non-hydrogen) atoms. The zero-order valence-corrected chi connectivity index (χ0v) is 16.5. The molecule has 1 atom stereocenters. The number of fused-ring (bicyclic) bond motifs is 1. The average Bonchev–Trinajstić information content (AvgIpc) is 2.66. The van der Waals surface area contributed by atoms with Gasteiger partial charge in [0.25, 0.3) is 0 Å². The maximum absolute atomic E-state index is 12.0. The Morgan fingerprint density at radius 3 is 2.82 bits per heavy atom. The van der Waals surface area contributed by atoms with Gasteiger partial charge in [-0.3, -0.25) is 0 Å². The van der Waals surface area contributed by atoms with E-state index in [1.165, 1.54) is 11.8 Å². The van der Waals surface area contributed by atoms with Gasteiger partial charge >= 0.3 is 6.09 Å². The Bertz CT molecular complexity index is 879. The molecule has 6 heteroatoms. The highest BCUT2D eigenvalue weighted by molar-refractivity contribution is 5.67. The van der Waals surface area contributed by atoms with Gasteiger partial charge in [-0.05, 0) is 63.3 Å². The molecule has 0 bridgehead atoms. The van der Waals surface area contributed by atoms with Gasteiger partial charge < -0.3 is 14.8 Å². The molecule has 1 heterocycles. The highest BCUT2D eigenvalue weighted by Gasteiger charge is 2.24. The third kappa shape index (κ3) is 5.01. The molecule has 1 aliphatic carbocycles. The van der Waals surface area contributed by atoms with Crippen molar-refractivity contribution < 1.29 is 14.3 Å². The molecule has 3 rings (SSSR count). The Hall–Kier alpha value is -3.07. The summed E-state index contributed by atoms with van der Waals surface area (Å²) in [5, 5.41) is 11.8. The van der Waals surface area contributed by atoms with E-state index < -0.39 is 11.7 Å². The van der Waals surface area contributed by atoms with E-state index in [1.54, 1.807) is 12.1 Å². The fourth-order valence-corrected chi connectivity index (χ4v) is 3.36. The predicted molar refractivity (Wildman–Crippen MR) is 105 cm³/mol. The van der Waals surface area contributed by atoms with E-state index in [4.69, 9.17) is 14.7 Å². The zero-order chi connectivity index (χ0) is 20.1. The summed E-state index contributed by atoms with van der Waals surface area (Å²) in [6.07, 6.45) is 4.05. The highest BCUT2D eigenvalue weighted by atomic mass is 16.6. The number of rotatable bonds is 4. The smallest absolute Gasteiger partial charge is 0.407 e. The number of hydrogen-bond acceptors (Lipinski definition) is 5. The van der Waals surface area contributed by atoms with Crippen molar-refractivity contribution >= 4 is 6.09 Å².